The molecule has 1 aliphatic heterocycles. The van der Waals surface area contributed by atoms with Crippen molar-refractivity contribution in [3.05, 3.63) is 44.5 Å². The van der Waals surface area contributed by atoms with Crippen LogP contribution in [0.2, 0.25) is 0 Å². The summed E-state index contributed by atoms with van der Waals surface area (Å²) in [5.74, 6) is 0.470. The van der Waals surface area contributed by atoms with Crippen LogP contribution in [0.1, 0.15) is 17.0 Å². The van der Waals surface area contributed by atoms with Crippen molar-refractivity contribution in [1.82, 2.24) is 9.97 Å². The number of ketones is 1. The highest BCUT2D eigenvalue weighted by atomic mass is 32.2. The molecule has 3 rings (SSSR count). The third kappa shape index (κ3) is 1.92. The Bertz CT molecular complexity index is 836. The molecule has 5 nitrogen and oxygen atoms in total. The third-order valence-corrected chi connectivity index (χ3v) is 4.19. The van der Waals surface area contributed by atoms with Gasteiger partial charge in [-0.15, -0.1) is 0 Å². The summed E-state index contributed by atoms with van der Waals surface area (Å²) >= 11 is 1.27. The molecule has 1 aromatic heterocycles. The zero-order valence-corrected chi connectivity index (χ0v) is 11.9. The summed E-state index contributed by atoms with van der Waals surface area (Å²) in [6.45, 7) is 3.83. The average molecular weight is 287 g/mol. The molecule has 0 amide bonds. The highest BCUT2D eigenvalue weighted by Crippen LogP contribution is 2.30. The van der Waals surface area contributed by atoms with Crippen LogP contribution in [0.3, 0.4) is 0 Å². The van der Waals surface area contributed by atoms with Crippen molar-refractivity contribution in [3.63, 3.8) is 0 Å². The minimum atomic E-state index is -0.248. The molecule has 102 valence electrons. The summed E-state index contributed by atoms with van der Waals surface area (Å²) < 4.78 is 0. The second kappa shape index (κ2) is 4.49. The molecule has 0 radical (unpaired) electrons. The summed E-state index contributed by atoms with van der Waals surface area (Å²) in [4.78, 5) is 31.1. The van der Waals surface area contributed by atoms with E-state index >= 15 is 0 Å². The molecule has 1 aromatic carbocycles. The second-order valence-electron chi connectivity index (χ2n) is 4.84. The number of nitrogens with two attached hydrogens (primary N) is 1. The monoisotopic (exact) mass is 287 g/mol. The van der Waals surface area contributed by atoms with E-state index in [-0.39, 0.29) is 17.2 Å². The van der Waals surface area contributed by atoms with Gasteiger partial charge >= 0.3 is 0 Å². The van der Waals surface area contributed by atoms with Crippen LogP contribution in [0.5, 0.6) is 0 Å². The van der Waals surface area contributed by atoms with E-state index in [1.54, 1.807) is 6.07 Å². The topological polar surface area (TPSA) is 88.8 Å². The van der Waals surface area contributed by atoms with Crippen LogP contribution in [0, 0.1) is 13.8 Å². The van der Waals surface area contributed by atoms with Crippen LogP contribution >= 0.6 is 11.8 Å². The van der Waals surface area contributed by atoms with Crippen LogP contribution in [0.4, 0.5) is 0 Å². The number of thioether (sulfide) groups is 1. The molecule has 2 heterocycles. The maximum atomic E-state index is 12.2. The number of Topliss-reactive ketones (excluding diaryl/α,β-unsaturated/α-hetero) is 1. The Balaban J connectivity index is 2.34. The predicted octanol–water partition coefficient (Wildman–Crippen LogP) is 1.48. The van der Waals surface area contributed by atoms with Crippen LogP contribution in [-0.4, -0.2) is 21.5 Å². The van der Waals surface area contributed by atoms with E-state index in [2.05, 4.69) is 9.97 Å². The molecule has 3 N–H and O–H groups in total. The molecule has 0 spiro atoms. The lowest BCUT2D eigenvalue weighted by Crippen LogP contribution is -2.15. The Morgan fingerprint density at radius 3 is 2.70 bits per heavy atom. The summed E-state index contributed by atoms with van der Waals surface area (Å²) in [7, 11) is 0. The minimum absolute atomic E-state index is 0.0974. The Labute approximate surface area is 119 Å². The maximum absolute atomic E-state index is 12.2. The zero-order valence-electron chi connectivity index (χ0n) is 11.1. The number of nitrogens with zero attached hydrogens (tertiary/aromatic N) is 1. The number of benzene rings is 1. The molecule has 0 saturated heterocycles. The molecule has 0 atom stereocenters. The first kappa shape index (κ1) is 12.9. The summed E-state index contributed by atoms with van der Waals surface area (Å²) in [6.07, 6.45) is 0. The Morgan fingerprint density at radius 1 is 1.30 bits per heavy atom. The number of allylic oxidation sites excluding steroid dienone is 1. The van der Waals surface area contributed by atoms with Gasteiger partial charge < -0.3 is 10.7 Å². The number of fused-ring (bicyclic) bond motifs is 1. The molecule has 0 bridgehead atoms. The minimum Gasteiger partial charge on any atom is -0.393 e. The van der Waals surface area contributed by atoms with Crippen molar-refractivity contribution in [2.45, 2.75) is 13.8 Å². The lowest BCUT2D eigenvalue weighted by molar-refractivity contribution is -0.111. The molecule has 0 fully saturated rings. The maximum Gasteiger partial charge on any atom is 0.259 e. The van der Waals surface area contributed by atoms with E-state index in [1.165, 1.54) is 11.8 Å². The van der Waals surface area contributed by atoms with Gasteiger partial charge in [-0.25, -0.2) is 4.98 Å². The number of aryl methyl sites for hydroxylation is 2. The Morgan fingerprint density at radius 2 is 2.05 bits per heavy atom. The number of rotatable bonds is 1. The number of aromatic nitrogens is 2. The number of H-pyrrole nitrogens is 1. The smallest absolute Gasteiger partial charge is 0.259 e. The molecule has 1 aliphatic rings. The van der Waals surface area contributed by atoms with Crippen molar-refractivity contribution in [3.8, 4) is 0 Å². The Hall–Kier alpha value is -2.08. The normalized spacial score (nSPS) is 15.4. The highest BCUT2D eigenvalue weighted by Gasteiger charge is 2.26. The molecule has 0 aliphatic carbocycles. The van der Waals surface area contributed by atoms with E-state index in [9.17, 15) is 9.59 Å². The van der Waals surface area contributed by atoms with Crippen molar-refractivity contribution in [2.24, 2.45) is 5.73 Å². The highest BCUT2D eigenvalue weighted by molar-refractivity contribution is 8.04. The fourth-order valence-electron chi connectivity index (χ4n) is 2.39. The van der Waals surface area contributed by atoms with Crippen molar-refractivity contribution in [2.75, 3.05) is 5.75 Å². The van der Waals surface area contributed by atoms with Gasteiger partial charge in [0.25, 0.3) is 5.56 Å². The van der Waals surface area contributed by atoms with Gasteiger partial charge in [0.15, 0.2) is 5.78 Å². The zero-order chi connectivity index (χ0) is 14.4. The van der Waals surface area contributed by atoms with Crippen LogP contribution in [0.15, 0.2) is 22.0 Å². The second-order valence-corrected chi connectivity index (χ2v) is 5.86. The molecular weight excluding hydrogens is 274 g/mol. The molecule has 0 saturated carbocycles. The molecular formula is C14H13N3O2S. The van der Waals surface area contributed by atoms with Crippen LogP contribution < -0.4 is 11.3 Å². The Kier molecular flexibility index (Phi) is 2.90. The molecule has 2 aromatic rings. The lowest BCUT2D eigenvalue weighted by atomic mass is 10.1. The number of hydrogen-bond acceptors (Lipinski definition) is 5. The molecule has 6 heteroatoms. The van der Waals surface area contributed by atoms with Gasteiger partial charge in [-0.3, -0.25) is 9.59 Å². The first-order valence-electron chi connectivity index (χ1n) is 6.15. The van der Waals surface area contributed by atoms with Gasteiger partial charge in [-0.2, -0.15) is 0 Å². The fourth-order valence-corrected chi connectivity index (χ4v) is 3.17. The summed E-state index contributed by atoms with van der Waals surface area (Å²) in [5, 5.41) is 0.950. The predicted molar refractivity (Wildman–Crippen MR) is 80.4 cm³/mol. The SMILES string of the molecule is Cc1cc(C)c2nc(C3=C(N)SCC3=O)[nH]c(=O)c2c1. The van der Waals surface area contributed by atoms with Gasteiger partial charge in [0.1, 0.15) is 5.82 Å². The third-order valence-electron chi connectivity index (χ3n) is 3.27. The van der Waals surface area contributed by atoms with Gasteiger partial charge in [0.05, 0.1) is 27.3 Å². The van der Waals surface area contributed by atoms with Gasteiger partial charge in [-0.1, -0.05) is 17.8 Å². The number of nitrogens with one attached hydrogen (secondary N) is 1. The van der Waals surface area contributed by atoms with E-state index in [4.69, 9.17) is 5.73 Å². The van der Waals surface area contributed by atoms with Crippen molar-refractivity contribution in [1.29, 1.82) is 0 Å². The van der Waals surface area contributed by atoms with E-state index in [0.717, 1.165) is 11.1 Å². The van der Waals surface area contributed by atoms with Crippen LogP contribution in [0.25, 0.3) is 16.5 Å². The number of carbonyl (C=O) groups is 1. The van der Waals surface area contributed by atoms with E-state index < -0.39 is 0 Å². The molecule has 0 unspecified atom stereocenters. The first-order valence-corrected chi connectivity index (χ1v) is 7.13. The largest absolute Gasteiger partial charge is 0.393 e. The van der Waals surface area contributed by atoms with Crippen molar-refractivity contribution < 1.29 is 4.79 Å². The fraction of sp³-hybridized carbons (Fsp3) is 0.214. The summed E-state index contributed by atoms with van der Waals surface area (Å²) in [5.41, 5.74) is 8.42. The average Bonchev–Trinajstić information content (AvgIpc) is 2.70. The van der Waals surface area contributed by atoms with Gasteiger partial charge in [0, 0.05) is 0 Å². The summed E-state index contributed by atoms with van der Waals surface area (Å²) in [6, 6.07) is 3.75. The quantitative estimate of drug-likeness (QED) is 0.829. The van der Waals surface area contributed by atoms with E-state index in [0.29, 0.717) is 27.3 Å². The lowest BCUT2D eigenvalue weighted by Gasteiger charge is -2.06. The van der Waals surface area contributed by atoms with Crippen molar-refractivity contribution >= 4 is 34.0 Å². The number of aromatic amines is 1. The number of hydrogen-bond donors (Lipinski definition) is 2. The molecule has 20 heavy (non-hydrogen) atoms. The van der Waals surface area contributed by atoms with Gasteiger partial charge in [0.2, 0.25) is 0 Å². The number of carbonyl (C=O) groups excluding carboxylic acids is 1. The first-order chi connectivity index (χ1) is 9.47. The van der Waals surface area contributed by atoms with E-state index in [1.807, 2.05) is 19.9 Å². The van der Waals surface area contributed by atoms with Gasteiger partial charge in [-0.05, 0) is 31.0 Å². The van der Waals surface area contributed by atoms with Crippen LogP contribution in [-0.2, 0) is 4.79 Å². The standard InChI is InChI=1S/C14H13N3O2S/c1-6-3-7(2)11-8(4-6)14(19)17-13(16-11)10-9(18)5-20-12(10)15/h3-4H,5,15H2,1-2H3,(H,16,17,19).